The van der Waals surface area contributed by atoms with E-state index in [0.29, 0.717) is 0 Å². The first-order valence-corrected chi connectivity index (χ1v) is 9.27. The molecule has 31 heavy (non-hydrogen) atoms. The number of nitrogens with zero attached hydrogens (tertiary/aromatic N) is 2. The van der Waals surface area contributed by atoms with Gasteiger partial charge in [-0.15, -0.1) is 0 Å². The van der Waals surface area contributed by atoms with Crippen LogP contribution in [0, 0.1) is 17.3 Å². The first kappa shape index (κ1) is 23.3. The maximum Gasteiger partial charge on any atom is 0.407 e. The van der Waals surface area contributed by atoms with E-state index in [1.165, 1.54) is 0 Å². The molecule has 1 spiro atoms. The van der Waals surface area contributed by atoms with E-state index in [9.17, 15) is 39.9 Å². The van der Waals surface area contributed by atoms with Crippen molar-refractivity contribution in [3.8, 4) is 5.75 Å². The maximum absolute atomic E-state index is 13.5. The minimum atomic E-state index is -5.60. The third-order valence-corrected chi connectivity index (χ3v) is 6.08. The number of likely N-dealkylation sites (tertiary alicyclic amines) is 1. The van der Waals surface area contributed by atoms with E-state index in [0.717, 1.165) is 23.2 Å². The van der Waals surface area contributed by atoms with Gasteiger partial charge in [-0.1, -0.05) is 0 Å². The topological polar surface area (TPSA) is 62.7 Å². The average molecular weight is 462 g/mol. The number of hydrogen-bond acceptors (Lipinski definition) is 3. The second-order valence-corrected chi connectivity index (χ2v) is 7.80. The van der Waals surface area contributed by atoms with Crippen LogP contribution in [0.25, 0.3) is 0 Å². The van der Waals surface area contributed by atoms with Gasteiger partial charge in [0.15, 0.2) is 5.92 Å². The van der Waals surface area contributed by atoms with Gasteiger partial charge in [-0.3, -0.25) is 4.98 Å². The number of piperidine rings is 1. The molecular weight excluding hydrogens is 444 g/mol. The van der Waals surface area contributed by atoms with E-state index in [1.54, 1.807) is 0 Å². The van der Waals surface area contributed by atoms with Gasteiger partial charge in [-0.2, -0.15) is 26.3 Å². The Morgan fingerprint density at radius 1 is 1.13 bits per heavy atom. The summed E-state index contributed by atoms with van der Waals surface area (Å²) in [5.74, 6) is -5.89. The molecule has 0 bridgehead atoms. The Bertz CT molecular complexity index is 774. The highest BCUT2D eigenvalue weighted by Crippen LogP contribution is 2.63. The van der Waals surface area contributed by atoms with Crippen molar-refractivity contribution in [2.45, 2.75) is 44.1 Å². The normalized spacial score (nSPS) is 23.9. The lowest BCUT2D eigenvalue weighted by atomic mass is 9.50. The fourth-order valence-electron chi connectivity index (χ4n) is 4.62. The molecule has 1 aromatic heterocycles. The second kappa shape index (κ2) is 7.97. The number of carboxylic acid groups (broad SMARTS) is 1. The van der Waals surface area contributed by atoms with E-state index in [-0.39, 0.29) is 38.1 Å². The molecule has 3 rings (SSSR count). The smallest absolute Gasteiger partial charge is 0.407 e. The largest absolute Gasteiger partial charge is 0.488 e. The Kier molecular flexibility index (Phi) is 6.00. The number of rotatable bonds is 4. The predicted molar refractivity (Wildman–Crippen MR) is 88.6 cm³/mol. The Hall–Kier alpha value is -2.34. The van der Waals surface area contributed by atoms with Gasteiger partial charge in [-0.05, 0) is 36.8 Å². The quantitative estimate of drug-likeness (QED) is 0.618. The van der Waals surface area contributed by atoms with Crippen molar-refractivity contribution in [3.63, 3.8) is 0 Å². The van der Waals surface area contributed by atoms with E-state index in [1.807, 2.05) is 0 Å². The Morgan fingerprint density at radius 2 is 1.71 bits per heavy atom. The number of carbonyl (C=O) groups is 1. The van der Waals surface area contributed by atoms with Crippen LogP contribution in [0.4, 0.5) is 39.9 Å². The van der Waals surface area contributed by atoms with E-state index in [4.69, 9.17) is 9.84 Å². The number of halogens is 8. The summed E-state index contributed by atoms with van der Waals surface area (Å²) >= 11 is 0. The molecule has 1 amide bonds. The van der Waals surface area contributed by atoms with Gasteiger partial charge in [0.05, 0.1) is 6.20 Å². The van der Waals surface area contributed by atoms with Crippen LogP contribution in [0.5, 0.6) is 5.75 Å². The zero-order valence-corrected chi connectivity index (χ0v) is 15.8. The first-order valence-electron chi connectivity index (χ1n) is 9.27. The standard InChI is InChI=1S/C18H18F8N2O3/c19-14(20)10-2-1-9(8-27-10)31-11-7-16(3-5-28(6-4-16)15(29)30)12(11)13(17(21,22)23)18(24,25)26/h1-2,8,11-14H,3-7H2,(H,29,30). The molecule has 1 aliphatic heterocycles. The number of amides is 1. The Labute approximate surface area is 171 Å². The number of pyridine rings is 1. The van der Waals surface area contributed by atoms with Crippen molar-refractivity contribution in [1.82, 2.24) is 9.88 Å². The van der Waals surface area contributed by atoms with Crippen LogP contribution in [-0.4, -0.2) is 52.6 Å². The summed E-state index contributed by atoms with van der Waals surface area (Å²) in [7, 11) is 0. The molecule has 1 saturated carbocycles. The fourth-order valence-corrected chi connectivity index (χ4v) is 4.62. The summed E-state index contributed by atoms with van der Waals surface area (Å²) < 4.78 is 112. The zero-order valence-electron chi connectivity index (χ0n) is 15.8. The highest BCUT2D eigenvalue weighted by molar-refractivity contribution is 5.65. The van der Waals surface area contributed by atoms with Gasteiger partial charge in [0.25, 0.3) is 6.43 Å². The molecule has 2 aliphatic rings. The summed E-state index contributed by atoms with van der Waals surface area (Å²) in [4.78, 5) is 15.4. The van der Waals surface area contributed by atoms with Gasteiger partial charge in [-0.25, -0.2) is 13.6 Å². The van der Waals surface area contributed by atoms with Crippen LogP contribution in [0.1, 0.15) is 31.4 Å². The zero-order chi connectivity index (χ0) is 23.2. The number of aromatic nitrogens is 1. The van der Waals surface area contributed by atoms with Crippen LogP contribution in [0.2, 0.25) is 0 Å². The molecule has 174 valence electrons. The molecule has 0 radical (unpaired) electrons. The molecule has 1 N–H and O–H groups in total. The molecule has 5 nitrogen and oxygen atoms in total. The number of alkyl halides is 8. The van der Waals surface area contributed by atoms with Gasteiger partial charge in [0.2, 0.25) is 0 Å². The monoisotopic (exact) mass is 462 g/mol. The molecule has 1 aliphatic carbocycles. The lowest BCUT2D eigenvalue weighted by Gasteiger charge is -2.59. The minimum Gasteiger partial charge on any atom is -0.488 e. The molecule has 1 saturated heterocycles. The molecule has 2 fully saturated rings. The highest BCUT2D eigenvalue weighted by atomic mass is 19.4. The van der Waals surface area contributed by atoms with Crippen LogP contribution < -0.4 is 4.74 Å². The number of ether oxygens (including phenoxy) is 1. The Morgan fingerprint density at radius 3 is 2.13 bits per heavy atom. The highest BCUT2D eigenvalue weighted by Gasteiger charge is 2.71. The second-order valence-electron chi connectivity index (χ2n) is 7.80. The molecule has 2 unspecified atom stereocenters. The van der Waals surface area contributed by atoms with Crippen molar-refractivity contribution in [1.29, 1.82) is 0 Å². The summed E-state index contributed by atoms with van der Waals surface area (Å²) in [6, 6.07) is 1.89. The van der Waals surface area contributed by atoms with Crippen molar-refractivity contribution < 1.29 is 49.8 Å². The average Bonchev–Trinajstić information content (AvgIpc) is 2.64. The molecule has 1 aromatic rings. The van der Waals surface area contributed by atoms with Crippen LogP contribution >= 0.6 is 0 Å². The van der Waals surface area contributed by atoms with Crippen molar-refractivity contribution in [2.75, 3.05) is 13.1 Å². The van der Waals surface area contributed by atoms with Crippen molar-refractivity contribution in [2.24, 2.45) is 17.3 Å². The van der Waals surface area contributed by atoms with Crippen LogP contribution in [0.3, 0.4) is 0 Å². The lowest BCUT2D eigenvalue weighted by Crippen LogP contribution is -2.65. The Balaban J connectivity index is 1.88. The van der Waals surface area contributed by atoms with Crippen molar-refractivity contribution in [3.05, 3.63) is 24.0 Å². The van der Waals surface area contributed by atoms with E-state index < -0.39 is 53.9 Å². The lowest BCUT2D eigenvalue weighted by molar-refractivity contribution is -0.336. The van der Waals surface area contributed by atoms with Gasteiger partial charge < -0.3 is 14.7 Å². The summed E-state index contributed by atoms with van der Waals surface area (Å²) in [5.41, 5.74) is -2.01. The van der Waals surface area contributed by atoms with Crippen molar-refractivity contribution >= 4 is 6.09 Å². The van der Waals surface area contributed by atoms with E-state index in [2.05, 4.69) is 4.98 Å². The number of hydrogen-bond donors (Lipinski definition) is 1. The molecule has 13 heteroatoms. The molecule has 0 aromatic carbocycles. The summed E-state index contributed by atoms with van der Waals surface area (Å²) in [6.07, 6.45) is -16.5. The third kappa shape index (κ3) is 4.64. The molecule has 2 atom stereocenters. The summed E-state index contributed by atoms with van der Waals surface area (Å²) in [6.45, 7) is -0.378. The summed E-state index contributed by atoms with van der Waals surface area (Å²) in [5, 5.41) is 9.02. The fraction of sp³-hybridized carbons (Fsp3) is 0.667. The maximum atomic E-state index is 13.5. The van der Waals surface area contributed by atoms with Crippen LogP contribution in [-0.2, 0) is 0 Å². The van der Waals surface area contributed by atoms with Crippen LogP contribution in [0.15, 0.2) is 18.3 Å². The predicted octanol–water partition coefficient (Wildman–Crippen LogP) is 5.29. The molecule has 2 heterocycles. The minimum absolute atomic E-state index is 0.148. The van der Waals surface area contributed by atoms with Gasteiger partial charge in [0.1, 0.15) is 17.5 Å². The third-order valence-electron chi connectivity index (χ3n) is 6.08. The molecular formula is C18H18F8N2O3. The van der Waals surface area contributed by atoms with Gasteiger partial charge in [0, 0.05) is 19.0 Å². The first-order chi connectivity index (χ1) is 14.2. The van der Waals surface area contributed by atoms with Gasteiger partial charge >= 0.3 is 18.4 Å². The SMILES string of the molecule is O=C(O)N1CCC2(CC1)CC(Oc1ccc(C(F)F)nc1)C2C(C(F)(F)F)C(F)(F)F. The van der Waals surface area contributed by atoms with E-state index >= 15 is 0 Å².